The summed E-state index contributed by atoms with van der Waals surface area (Å²) in [5, 5.41) is 5.07. The predicted molar refractivity (Wildman–Crippen MR) is 152 cm³/mol. The molecule has 6 rings (SSSR count). The molecule has 40 heavy (non-hydrogen) atoms. The second-order valence-electron chi connectivity index (χ2n) is 12.0. The summed E-state index contributed by atoms with van der Waals surface area (Å²) in [7, 11) is 1.65. The van der Waals surface area contributed by atoms with Crippen LogP contribution in [-0.4, -0.2) is 67.1 Å². The van der Waals surface area contributed by atoms with Crippen molar-refractivity contribution in [2.45, 2.75) is 64.0 Å². The van der Waals surface area contributed by atoms with E-state index in [1.165, 1.54) is 17.7 Å². The highest BCUT2D eigenvalue weighted by Gasteiger charge is 2.51. The molecule has 4 aliphatic rings. The summed E-state index contributed by atoms with van der Waals surface area (Å²) in [5.41, 5.74) is 3.40. The summed E-state index contributed by atoms with van der Waals surface area (Å²) in [6, 6.07) is 8.76. The number of rotatable bonds is 7. The van der Waals surface area contributed by atoms with Gasteiger partial charge in [0.15, 0.2) is 5.60 Å². The number of benzene rings is 2. The fourth-order valence-corrected chi connectivity index (χ4v) is 6.82. The van der Waals surface area contributed by atoms with Crippen molar-refractivity contribution in [3.63, 3.8) is 0 Å². The van der Waals surface area contributed by atoms with Crippen LogP contribution in [0.5, 0.6) is 5.75 Å². The number of esters is 1. The van der Waals surface area contributed by atoms with Gasteiger partial charge in [-0.15, -0.1) is 0 Å². The van der Waals surface area contributed by atoms with Gasteiger partial charge in [-0.25, -0.2) is 4.39 Å². The number of oxime groups is 1. The van der Waals surface area contributed by atoms with Crippen molar-refractivity contribution >= 4 is 23.4 Å². The summed E-state index contributed by atoms with van der Waals surface area (Å²) in [6.07, 6.45) is 4.54. The lowest BCUT2D eigenvalue weighted by Gasteiger charge is -2.46. The number of nitrogens with zero attached hydrogens (tertiary/aromatic N) is 3. The van der Waals surface area contributed by atoms with E-state index in [1.54, 1.807) is 19.2 Å². The highest BCUT2D eigenvalue weighted by atomic mass is 35.5. The first-order valence-corrected chi connectivity index (χ1v) is 14.7. The van der Waals surface area contributed by atoms with Gasteiger partial charge in [0.25, 0.3) is 0 Å². The van der Waals surface area contributed by atoms with E-state index in [1.807, 2.05) is 13.8 Å². The standard InChI is InChI=1S/C31H37ClFN3O4/c1-4-39-29(37)30(2)11-13-36(14-12-30)25-16-31(40-34-25)18-35(19-31)17-22-15-24(20-5-6-20)26(27(32)28(22)38-3)21-7-9-23(33)10-8-21/h7-10,15,20H,4-6,11-14,16-19H2,1-3H3. The fraction of sp³-hybridized carbons (Fsp3) is 0.548. The van der Waals surface area contributed by atoms with Gasteiger partial charge in [0.05, 0.1) is 30.6 Å². The molecule has 3 fully saturated rings. The van der Waals surface area contributed by atoms with Gasteiger partial charge < -0.3 is 19.2 Å². The van der Waals surface area contributed by atoms with Crippen LogP contribution in [-0.2, 0) is 20.9 Å². The molecule has 0 aromatic heterocycles. The zero-order valence-corrected chi connectivity index (χ0v) is 24.2. The smallest absolute Gasteiger partial charge is 0.311 e. The highest BCUT2D eigenvalue weighted by Crippen LogP contribution is 2.51. The lowest BCUT2D eigenvalue weighted by Crippen LogP contribution is -2.61. The third-order valence-corrected chi connectivity index (χ3v) is 9.29. The van der Waals surface area contributed by atoms with Gasteiger partial charge in [0, 0.05) is 43.9 Å². The molecular weight excluding hydrogens is 533 g/mol. The van der Waals surface area contributed by atoms with E-state index < -0.39 is 5.41 Å². The van der Waals surface area contributed by atoms with Gasteiger partial charge >= 0.3 is 5.97 Å². The van der Waals surface area contributed by atoms with Gasteiger partial charge in [0.1, 0.15) is 17.4 Å². The molecule has 3 aliphatic heterocycles. The van der Waals surface area contributed by atoms with E-state index >= 15 is 0 Å². The van der Waals surface area contributed by atoms with E-state index in [9.17, 15) is 9.18 Å². The summed E-state index contributed by atoms with van der Waals surface area (Å²) < 4.78 is 24.7. The maximum absolute atomic E-state index is 13.6. The Morgan fingerprint density at radius 2 is 1.90 bits per heavy atom. The summed E-state index contributed by atoms with van der Waals surface area (Å²) in [5.74, 6) is 1.75. The Kier molecular flexibility index (Phi) is 7.20. The molecule has 214 valence electrons. The van der Waals surface area contributed by atoms with Crippen LogP contribution in [0, 0.1) is 11.2 Å². The Morgan fingerprint density at radius 3 is 2.52 bits per heavy atom. The molecule has 3 heterocycles. The van der Waals surface area contributed by atoms with Crippen molar-refractivity contribution in [2.24, 2.45) is 10.6 Å². The largest absolute Gasteiger partial charge is 0.495 e. The molecule has 0 amide bonds. The number of carbonyl (C=O) groups is 1. The van der Waals surface area contributed by atoms with Crippen LogP contribution in [0.15, 0.2) is 35.5 Å². The average molecular weight is 570 g/mol. The first kappa shape index (κ1) is 27.3. The molecule has 2 aromatic rings. The van der Waals surface area contributed by atoms with E-state index in [-0.39, 0.29) is 17.4 Å². The Hall–Kier alpha value is -2.84. The Balaban J connectivity index is 1.11. The predicted octanol–water partition coefficient (Wildman–Crippen LogP) is 5.99. The Morgan fingerprint density at radius 1 is 1.20 bits per heavy atom. The van der Waals surface area contributed by atoms with Crippen LogP contribution >= 0.6 is 11.6 Å². The second kappa shape index (κ2) is 10.5. The van der Waals surface area contributed by atoms with Crippen molar-refractivity contribution in [2.75, 3.05) is 39.9 Å². The van der Waals surface area contributed by atoms with Crippen LogP contribution in [0.25, 0.3) is 11.1 Å². The van der Waals surface area contributed by atoms with Gasteiger partial charge in [-0.1, -0.05) is 28.9 Å². The SMILES string of the molecule is CCOC(=O)C1(C)CCN(C2=NOC3(C2)CN(Cc2cc(C4CC4)c(-c4ccc(F)cc4)c(Cl)c2OC)C3)CC1. The molecule has 1 aliphatic carbocycles. The number of hydrogen-bond acceptors (Lipinski definition) is 7. The Bertz CT molecular complexity index is 1310. The zero-order valence-electron chi connectivity index (χ0n) is 23.5. The quantitative estimate of drug-likeness (QED) is 0.382. The highest BCUT2D eigenvalue weighted by molar-refractivity contribution is 6.35. The Labute approximate surface area is 240 Å². The van der Waals surface area contributed by atoms with E-state index in [0.29, 0.717) is 29.8 Å². The van der Waals surface area contributed by atoms with Crippen molar-refractivity contribution < 1.29 is 23.5 Å². The molecule has 2 aromatic carbocycles. The maximum Gasteiger partial charge on any atom is 0.311 e. The zero-order chi connectivity index (χ0) is 28.1. The number of halogens is 2. The van der Waals surface area contributed by atoms with Gasteiger partial charge in [-0.2, -0.15) is 0 Å². The van der Waals surface area contributed by atoms with Crippen molar-refractivity contribution in [1.82, 2.24) is 9.80 Å². The number of piperidine rings is 1. The van der Waals surface area contributed by atoms with Crippen molar-refractivity contribution in [3.8, 4) is 16.9 Å². The van der Waals surface area contributed by atoms with Crippen molar-refractivity contribution in [1.29, 1.82) is 0 Å². The average Bonchev–Trinajstić information content (AvgIpc) is 3.68. The summed E-state index contributed by atoms with van der Waals surface area (Å²) in [4.78, 5) is 23.0. The molecule has 1 spiro atoms. The third kappa shape index (κ3) is 5.05. The minimum absolute atomic E-state index is 0.101. The lowest BCUT2D eigenvalue weighted by atomic mass is 9.80. The molecule has 0 radical (unpaired) electrons. The molecule has 0 N–H and O–H groups in total. The number of likely N-dealkylation sites (tertiary alicyclic amines) is 2. The van der Waals surface area contributed by atoms with Crippen LogP contribution in [0.1, 0.15) is 63.0 Å². The summed E-state index contributed by atoms with van der Waals surface area (Å²) >= 11 is 6.98. The molecule has 0 bridgehead atoms. The number of hydrogen-bond donors (Lipinski definition) is 0. The minimum atomic E-state index is -0.427. The molecule has 0 unspecified atom stereocenters. The van der Waals surface area contributed by atoms with Crippen LogP contribution in [0.4, 0.5) is 4.39 Å². The first-order valence-electron chi connectivity index (χ1n) is 14.3. The molecule has 9 heteroatoms. The maximum atomic E-state index is 13.6. The molecule has 1 saturated carbocycles. The fourth-order valence-electron chi connectivity index (χ4n) is 6.40. The minimum Gasteiger partial charge on any atom is -0.495 e. The van der Waals surface area contributed by atoms with Gasteiger partial charge in [-0.05, 0) is 74.8 Å². The number of amidine groups is 1. The van der Waals surface area contributed by atoms with Gasteiger partial charge in [0.2, 0.25) is 0 Å². The van der Waals surface area contributed by atoms with Gasteiger partial charge in [-0.3, -0.25) is 9.69 Å². The molecule has 2 saturated heterocycles. The van der Waals surface area contributed by atoms with Crippen molar-refractivity contribution in [3.05, 3.63) is 52.3 Å². The van der Waals surface area contributed by atoms with E-state index in [0.717, 1.165) is 80.8 Å². The monoisotopic (exact) mass is 569 g/mol. The normalized spacial score (nSPS) is 21.5. The van der Waals surface area contributed by atoms with Crippen LogP contribution in [0.3, 0.4) is 0 Å². The summed E-state index contributed by atoms with van der Waals surface area (Å²) in [6.45, 7) is 8.06. The lowest BCUT2D eigenvalue weighted by molar-refractivity contribution is -0.156. The third-order valence-electron chi connectivity index (χ3n) is 8.93. The molecule has 0 atom stereocenters. The topological polar surface area (TPSA) is 63.6 Å². The molecule has 7 nitrogen and oxygen atoms in total. The second-order valence-corrected chi connectivity index (χ2v) is 12.4. The van der Waals surface area contributed by atoms with Crippen LogP contribution < -0.4 is 4.74 Å². The number of methoxy groups -OCH3 is 1. The van der Waals surface area contributed by atoms with E-state index in [2.05, 4.69) is 21.0 Å². The number of ether oxygens (including phenoxy) is 2. The van der Waals surface area contributed by atoms with E-state index in [4.69, 9.17) is 25.9 Å². The number of carbonyl (C=O) groups excluding carboxylic acids is 1. The van der Waals surface area contributed by atoms with Crippen LogP contribution in [0.2, 0.25) is 5.02 Å². The molecular formula is C31H37ClFN3O4. The first-order chi connectivity index (χ1) is 19.2.